The summed E-state index contributed by atoms with van der Waals surface area (Å²) in [5.74, 6) is 2.02. The van der Waals surface area contributed by atoms with E-state index in [9.17, 15) is 0 Å². The molecule has 0 aliphatic carbocycles. The van der Waals surface area contributed by atoms with Crippen LogP contribution in [0.4, 0.5) is 0 Å². The minimum atomic E-state index is 0.0114. The molecular formula is C14H23ClN2O2. The molecule has 1 atom stereocenters. The molecule has 0 saturated heterocycles. The molecule has 0 aliphatic heterocycles. The fourth-order valence-corrected chi connectivity index (χ4v) is 2.29. The van der Waals surface area contributed by atoms with Gasteiger partial charge in [-0.3, -0.25) is 4.98 Å². The first-order valence-electron chi connectivity index (χ1n) is 6.47. The minimum Gasteiger partial charge on any atom is -0.493 e. The number of alkyl halides is 1. The Morgan fingerprint density at radius 3 is 2.63 bits per heavy atom. The topological polar surface area (TPSA) is 43.4 Å². The van der Waals surface area contributed by atoms with Gasteiger partial charge in [0.15, 0.2) is 11.5 Å². The lowest BCUT2D eigenvalue weighted by Crippen LogP contribution is -2.41. The predicted molar refractivity (Wildman–Crippen MR) is 78.2 cm³/mol. The van der Waals surface area contributed by atoms with E-state index < -0.39 is 0 Å². The van der Waals surface area contributed by atoms with Crippen LogP contribution < -0.4 is 14.8 Å². The van der Waals surface area contributed by atoms with Gasteiger partial charge in [0, 0.05) is 30.2 Å². The summed E-state index contributed by atoms with van der Waals surface area (Å²) in [6, 6.07) is 1.79. The van der Waals surface area contributed by atoms with Crippen LogP contribution in [0.15, 0.2) is 12.3 Å². The standard InChI is InChI=1S/C14H23ClN2O2/c1-5-14(2,7-8-15)17-10-11-13(19-4)12(18-3)6-9-16-11/h6,9,17H,5,7-8,10H2,1-4H3. The van der Waals surface area contributed by atoms with E-state index >= 15 is 0 Å². The number of halogens is 1. The summed E-state index contributed by atoms with van der Waals surface area (Å²) in [5, 5.41) is 3.51. The van der Waals surface area contributed by atoms with Crippen LogP contribution in [-0.2, 0) is 6.54 Å². The molecule has 4 nitrogen and oxygen atoms in total. The van der Waals surface area contributed by atoms with Crippen LogP contribution in [0, 0.1) is 0 Å². The third-order valence-corrected chi connectivity index (χ3v) is 3.66. The number of methoxy groups -OCH3 is 2. The van der Waals surface area contributed by atoms with Crippen molar-refractivity contribution in [3.63, 3.8) is 0 Å². The van der Waals surface area contributed by atoms with Gasteiger partial charge in [0.1, 0.15) is 0 Å². The molecule has 1 heterocycles. The second kappa shape index (κ2) is 7.56. The molecular weight excluding hydrogens is 264 g/mol. The lowest BCUT2D eigenvalue weighted by molar-refractivity contribution is 0.317. The third kappa shape index (κ3) is 4.25. The highest BCUT2D eigenvalue weighted by molar-refractivity contribution is 6.17. The van der Waals surface area contributed by atoms with Crippen molar-refractivity contribution in [1.82, 2.24) is 10.3 Å². The zero-order chi connectivity index (χ0) is 14.3. The van der Waals surface area contributed by atoms with Crippen molar-refractivity contribution in [3.8, 4) is 11.5 Å². The summed E-state index contributed by atoms with van der Waals surface area (Å²) in [6.45, 7) is 4.94. The maximum atomic E-state index is 5.85. The van der Waals surface area contributed by atoms with Crippen LogP contribution in [0.2, 0.25) is 0 Å². The summed E-state index contributed by atoms with van der Waals surface area (Å²) in [5.41, 5.74) is 0.855. The molecule has 0 spiro atoms. The van der Waals surface area contributed by atoms with Gasteiger partial charge in [-0.1, -0.05) is 6.92 Å². The average Bonchev–Trinajstić information content (AvgIpc) is 2.44. The van der Waals surface area contributed by atoms with Crippen molar-refractivity contribution in [2.45, 2.75) is 38.8 Å². The normalized spacial score (nSPS) is 13.9. The van der Waals surface area contributed by atoms with Crippen LogP contribution >= 0.6 is 11.6 Å². The molecule has 1 rings (SSSR count). The van der Waals surface area contributed by atoms with Gasteiger partial charge < -0.3 is 14.8 Å². The second-order valence-electron chi connectivity index (χ2n) is 4.70. The summed E-state index contributed by atoms with van der Waals surface area (Å²) in [4.78, 5) is 4.36. The number of hydrogen-bond acceptors (Lipinski definition) is 4. The van der Waals surface area contributed by atoms with Gasteiger partial charge in [-0.25, -0.2) is 0 Å². The van der Waals surface area contributed by atoms with E-state index in [-0.39, 0.29) is 5.54 Å². The molecule has 0 bridgehead atoms. The molecule has 1 unspecified atom stereocenters. The Balaban J connectivity index is 2.82. The first-order chi connectivity index (χ1) is 9.10. The Bertz CT molecular complexity index is 401. The summed E-state index contributed by atoms with van der Waals surface area (Å²) < 4.78 is 10.6. The van der Waals surface area contributed by atoms with E-state index in [4.69, 9.17) is 21.1 Å². The van der Waals surface area contributed by atoms with Crippen LogP contribution in [-0.4, -0.2) is 30.6 Å². The fourth-order valence-electron chi connectivity index (χ4n) is 1.87. The first-order valence-corrected chi connectivity index (χ1v) is 7.00. The Labute approximate surface area is 120 Å². The van der Waals surface area contributed by atoms with Gasteiger partial charge in [0.2, 0.25) is 0 Å². The largest absolute Gasteiger partial charge is 0.493 e. The monoisotopic (exact) mass is 286 g/mol. The van der Waals surface area contributed by atoms with E-state index in [1.807, 2.05) is 0 Å². The van der Waals surface area contributed by atoms with E-state index in [0.29, 0.717) is 23.9 Å². The molecule has 108 valence electrons. The number of pyridine rings is 1. The first kappa shape index (κ1) is 16.1. The van der Waals surface area contributed by atoms with Crippen LogP contribution in [0.5, 0.6) is 11.5 Å². The molecule has 1 N–H and O–H groups in total. The lowest BCUT2D eigenvalue weighted by atomic mass is 9.95. The van der Waals surface area contributed by atoms with Crippen molar-refractivity contribution in [3.05, 3.63) is 18.0 Å². The molecule has 0 amide bonds. The number of rotatable bonds is 8. The van der Waals surface area contributed by atoms with Crippen LogP contribution in [0.1, 0.15) is 32.4 Å². The molecule has 1 aromatic rings. The Morgan fingerprint density at radius 2 is 2.11 bits per heavy atom. The number of aromatic nitrogens is 1. The van der Waals surface area contributed by atoms with Crippen LogP contribution in [0.3, 0.4) is 0 Å². The second-order valence-corrected chi connectivity index (χ2v) is 5.08. The summed E-state index contributed by atoms with van der Waals surface area (Å²) in [7, 11) is 3.25. The highest BCUT2D eigenvalue weighted by Crippen LogP contribution is 2.29. The Morgan fingerprint density at radius 1 is 1.37 bits per heavy atom. The number of nitrogens with zero attached hydrogens (tertiary/aromatic N) is 1. The summed E-state index contributed by atoms with van der Waals surface area (Å²) >= 11 is 5.85. The Kier molecular flexibility index (Phi) is 6.38. The lowest BCUT2D eigenvalue weighted by Gasteiger charge is -2.29. The SMILES string of the molecule is CCC(C)(CCCl)NCc1nccc(OC)c1OC. The number of nitrogens with one attached hydrogen (secondary N) is 1. The van der Waals surface area contributed by atoms with E-state index in [2.05, 4.69) is 24.1 Å². The van der Waals surface area contributed by atoms with Gasteiger partial charge in [-0.2, -0.15) is 0 Å². The van der Waals surface area contributed by atoms with Gasteiger partial charge in [0.05, 0.1) is 19.9 Å². The molecule has 19 heavy (non-hydrogen) atoms. The molecule has 0 aliphatic rings. The van der Waals surface area contributed by atoms with Gasteiger partial charge in [-0.05, 0) is 19.8 Å². The quantitative estimate of drug-likeness (QED) is 0.746. The van der Waals surface area contributed by atoms with Gasteiger partial charge in [-0.15, -0.1) is 11.6 Å². The van der Waals surface area contributed by atoms with Crippen molar-refractivity contribution in [1.29, 1.82) is 0 Å². The third-order valence-electron chi connectivity index (χ3n) is 3.48. The van der Waals surface area contributed by atoms with Crippen LogP contribution in [0.25, 0.3) is 0 Å². The molecule has 0 aromatic carbocycles. The summed E-state index contributed by atoms with van der Waals surface area (Å²) in [6.07, 6.45) is 3.65. The van der Waals surface area contributed by atoms with E-state index in [0.717, 1.165) is 18.5 Å². The predicted octanol–water partition coefficient (Wildman–Crippen LogP) is 2.99. The number of hydrogen-bond donors (Lipinski definition) is 1. The molecule has 1 aromatic heterocycles. The highest BCUT2D eigenvalue weighted by atomic mass is 35.5. The smallest absolute Gasteiger partial charge is 0.183 e. The minimum absolute atomic E-state index is 0.0114. The molecule has 5 heteroatoms. The average molecular weight is 287 g/mol. The maximum absolute atomic E-state index is 5.85. The van der Waals surface area contributed by atoms with E-state index in [1.54, 1.807) is 26.5 Å². The van der Waals surface area contributed by atoms with Crippen molar-refractivity contribution < 1.29 is 9.47 Å². The van der Waals surface area contributed by atoms with Crippen molar-refractivity contribution in [2.24, 2.45) is 0 Å². The molecule has 0 saturated carbocycles. The highest BCUT2D eigenvalue weighted by Gasteiger charge is 2.21. The van der Waals surface area contributed by atoms with Crippen molar-refractivity contribution >= 4 is 11.6 Å². The maximum Gasteiger partial charge on any atom is 0.183 e. The fraction of sp³-hybridized carbons (Fsp3) is 0.643. The molecule has 0 fully saturated rings. The number of ether oxygens (including phenoxy) is 2. The van der Waals surface area contributed by atoms with Gasteiger partial charge in [0.25, 0.3) is 0 Å². The van der Waals surface area contributed by atoms with Gasteiger partial charge >= 0.3 is 0 Å². The zero-order valence-electron chi connectivity index (χ0n) is 12.1. The zero-order valence-corrected chi connectivity index (χ0v) is 12.9. The van der Waals surface area contributed by atoms with E-state index in [1.165, 1.54) is 0 Å². The molecule has 0 radical (unpaired) electrons. The Hall–Kier alpha value is -1.00. The van der Waals surface area contributed by atoms with Crippen molar-refractivity contribution in [2.75, 3.05) is 20.1 Å².